The van der Waals surface area contributed by atoms with Gasteiger partial charge in [0, 0.05) is 23.5 Å². The molecule has 140 valence electrons. The predicted octanol–water partition coefficient (Wildman–Crippen LogP) is 3.89. The van der Waals surface area contributed by atoms with Crippen LogP contribution in [0, 0.1) is 17.2 Å². The molecule has 1 heterocycles. The van der Waals surface area contributed by atoms with Crippen LogP contribution in [0.4, 0.5) is 15.5 Å². The van der Waals surface area contributed by atoms with Crippen LogP contribution in [-0.2, 0) is 17.6 Å². The molecule has 27 heavy (non-hydrogen) atoms. The van der Waals surface area contributed by atoms with Gasteiger partial charge in [-0.05, 0) is 42.9 Å². The van der Waals surface area contributed by atoms with Crippen molar-refractivity contribution in [3.05, 3.63) is 46.3 Å². The first kappa shape index (κ1) is 18.9. The van der Waals surface area contributed by atoms with Gasteiger partial charge in [-0.2, -0.15) is 5.26 Å². The molecule has 0 bridgehead atoms. The van der Waals surface area contributed by atoms with Crippen LogP contribution in [0.25, 0.3) is 0 Å². The van der Waals surface area contributed by atoms with Crippen LogP contribution in [0.1, 0.15) is 35.8 Å². The van der Waals surface area contributed by atoms with Gasteiger partial charge < -0.3 is 16.0 Å². The number of amides is 3. The van der Waals surface area contributed by atoms with Gasteiger partial charge in [0.25, 0.3) is 0 Å². The highest BCUT2D eigenvalue weighted by Crippen LogP contribution is 2.39. The van der Waals surface area contributed by atoms with E-state index in [1.165, 1.54) is 16.2 Å². The second kappa shape index (κ2) is 8.69. The molecular formula is C20H22N4O2S. The number of thiophene rings is 1. The molecule has 1 aliphatic rings. The van der Waals surface area contributed by atoms with E-state index in [9.17, 15) is 14.9 Å². The van der Waals surface area contributed by atoms with Crippen molar-refractivity contribution in [2.75, 3.05) is 17.2 Å². The van der Waals surface area contributed by atoms with E-state index in [0.717, 1.165) is 24.8 Å². The molecule has 0 spiro atoms. The van der Waals surface area contributed by atoms with E-state index in [4.69, 9.17) is 0 Å². The maximum absolute atomic E-state index is 12.2. The second-order valence-corrected chi connectivity index (χ2v) is 7.82. The predicted molar refractivity (Wildman–Crippen MR) is 107 cm³/mol. The van der Waals surface area contributed by atoms with Gasteiger partial charge in [0.2, 0.25) is 5.91 Å². The number of anilines is 2. The van der Waals surface area contributed by atoms with Gasteiger partial charge in [0.1, 0.15) is 11.1 Å². The molecule has 0 fully saturated rings. The third-order valence-corrected chi connectivity index (χ3v) is 5.72. The van der Waals surface area contributed by atoms with Gasteiger partial charge in [-0.25, -0.2) is 4.79 Å². The van der Waals surface area contributed by atoms with Crippen molar-refractivity contribution in [1.29, 1.82) is 5.26 Å². The minimum atomic E-state index is -0.354. The highest BCUT2D eigenvalue weighted by atomic mass is 32.1. The number of hydrogen-bond acceptors (Lipinski definition) is 4. The van der Waals surface area contributed by atoms with Crippen molar-refractivity contribution in [2.45, 2.75) is 32.6 Å². The average molecular weight is 382 g/mol. The Kier molecular flexibility index (Phi) is 6.09. The van der Waals surface area contributed by atoms with E-state index in [0.29, 0.717) is 22.2 Å². The first-order valence-corrected chi connectivity index (χ1v) is 9.83. The maximum atomic E-state index is 12.2. The molecular weight excluding hydrogens is 360 g/mol. The minimum Gasteiger partial charge on any atom is -0.337 e. The Hall–Kier alpha value is -2.85. The number of fused-ring (bicyclic) bond motifs is 1. The molecule has 0 unspecified atom stereocenters. The summed E-state index contributed by atoms with van der Waals surface area (Å²) in [5, 5.41) is 18.3. The summed E-state index contributed by atoms with van der Waals surface area (Å²) in [6, 6.07) is 11.0. The molecule has 0 saturated heterocycles. The molecule has 2 aromatic rings. The van der Waals surface area contributed by atoms with Crippen LogP contribution in [-0.4, -0.2) is 18.5 Å². The van der Waals surface area contributed by atoms with Crippen LogP contribution in [0.15, 0.2) is 30.3 Å². The Morgan fingerprint density at radius 1 is 1.26 bits per heavy atom. The first-order valence-electron chi connectivity index (χ1n) is 9.01. The van der Waals surface area contributed by atoms with Crippen molar-refractivity contribution in [1.82, 2.24) is 5.32 Å². The van der Waals surface area contributed by atoms with Crippen molar-refractivity contribution in [2.24, 2.45) is 5.92 Å². The number of carbonyl (C=O) groups excluding carboxylic acids is 2. The molecule has 0 radical (unpaired) electrons. The lowest BCUT2D eigenvalue weighted by atomic mass is 9.89. The van der Waals surface area contributed by atoms with Crippen LogP contribution in [0.3, 0.4) is 0 Å². The molecule has 1 atom stereocenters. The van der Waals surface area contributed by atoms with Gasteiger partial charge in [0.15, 0.2) is 0 Å². The van der Waals surface area contributed by atoms with Gasteiger partial charge in [-0.3, -0.25) is 4.79 Å². The Bertz CT molecular complexity index is 870. The zero-order valence-corrected chi connectivity index (χ0v) is 16.0. The molecule has 1 aromatic heterocycles. The lowest BCUT2D eigenvalue weighted by Gasteiger charge is -2.17. The molecule has 3 N–H and O–H groups in total. The minimum absolute atomic E-state index is 0.145. The van der Waals surface area contributed by atoms with Gasteiger partial charge in [-0.1, -0.05) is 25.1 Å². The number of urea groups is 1. The van der Waals surface area contributed by atoms with Gasteiger partial charge in [0.05, 0.1) is 5.56 Å². The Labute approximate surface area is 162 Å². The lowest BCUT2D eigenvalue weighted by Crippen LogP contribution is -2.31. The zero-order chi connectivity index (χ0) is 19.2. The summed E-state index contributed by atoms with van der Waals surface area (Å²) in [6.07, 6.45) is 3.08. The topological polar surface area (TPSA) is 94.0 Å². The summed E-state index contributed by atoms with van der Waals surface area (Å²) in [6.45, 7) is 2.42. The molecule has 3 rings (SSSR count). The average Bonchev–Trinajstić information content (AvgIpc) is 2.98. The molecule has 7 heteroatoms. The van der Waals surface area contributed by atoms with E-state index in [-0.39, 0.29) is 24.9 Å². The molecule has 0 saturated carbocycles. The van der Waals surface area contributed by atoms with Crippen molar-refractivity contribution < 1.29 is 9.59 Å². The fraction of sp³-hybridized carbons (Fsp3) is 0.350. The zero-order valence-electron chi connectivity index (χ0n) is 15.2. The maximum Gasteiger partial charge on any atom is 0.319 e. The number of nitrogens with one attached hydrogen (secondary N) is 3. The molecule has 1 aromatic carbocycles. The quantitative estimate of drug-likeness (QED) is 0.732. The highest BCUT2D eigenvalue weighted by molar-refractivity contribution is 7.16. The monoisotopic (exact) mass is 382 g/mol. The number of nitriles is 1. The van der Waals surface area contributed by atoms with Crippen LogP contribution < -0.4 is 16.0 Å². The van der Waals surface area contributed by atoms with Crippen LogP contribution in [0.5, 0.6) is 0 Å². The molecule has 6 nitrogen and oxygen atoms in total. The van der Waals surface area contributed by atoms with E-state index >= 15 is 0 Å². The summed E-state index contributed by atoms with van der Waals surface area (Å²) in [7, 11) is 0. The summed E-state index contributed by atoms with van der Waals surface area (Å²) in [5.41, 5.74) is 2.39. The summed E-state index contributed by atoms with van der Waals surface area (Å²) >= 11 is 1.51. The number of nitrogens with zero attached hydrogens (tertiary/aromatic N) is 1. The van der Waals surface area contributed by atoms with Crippen molar-refractivity contribution in [3.63, 3.8) is 0 Å². The smallest absolute Gasteiger partial charge is 0.319 e. The summed E-state index contributed by atoms with van der Waals surface area (Å²) in [4.78, 5) is 25.2. The Morgan fingerprint density at radius 3 is 2.78 bits per heavy atom. The second-order valence-electron chi connectivity index (χ2n) is 6.71. The largest absolute Gasteiger partial charge is 0.337 e. The number of para-hydroxylation sites is 1. The van der Waals surface area contributed by atoms with E-state index in [2.05, 4.69) is 28.9 Å². The fourth-order valence-corrected chi connectivity index (χ4v) is 4.51. The molecule has 3 amide bonds. The van der Waals surface area contributed by atoms with Crippen LogP contribution >= 0.6 is 11.3 Å². The lowest BCUT2D eigenvalue weighted by molar-refractivity contribution is -0.116. The number of hydrogen-bond donors (Lipinski definition) is 3. The first-order chi connectivity index (χ1) is 13.1. The van der Waals surface area contributed by atoms with E-state index in [1.54, 1.807) is 12.1 Å². The number of carbonyl (C=O) groups is 2. The van der Waals surface area contributed by atoms with Crippen molar-refractivity contribution >= 4 is 34.0 Å². The van der Waals surface area contributed by atoms with E-state index < -0.39 is 0 Å². The van der Waals surface area contributed by atoms with E-state index in [1.807, 2.05) is 18.2 Å². The molecule has 1 aliphatic carbocycles. The standard InChI is InChI=1S/C20H22N4O2S/c1-13-7-8-15-16(12-21)19(27-17(15)11-13)24-18(25)9-10-22-20(26)23-14-5-3-2-4-6-14/h2-6,13H,7-11H2,1H3,(H,24,25)(H2,22,23,26)/t13-/m0/s1. The number of benzene rings is 1. The molecule has 0 aliphatic heterocycles. The third-order valence-electron chi connectivity index (χ3n) is 4.55. The van der Waals surface area contributed by atoms with Crippen LogP contribution in [0.2, 0.25) is 0 Å². The number of rotatable bonds is 5. The summed E-state index contributed by atoms with van der Waals surface area (Å²) < 4.78 is 0. The van der Waals surface area contributed by atoms with Gasteiger partial charge in [-0.15, -0.1) is 11.3 Å². The van der Waals surface area contributed by atoms with Crippen molar-refractivity contribution in [3.8, 4) is 6.07 Å². The summed E-state index contributed by atoms with van der Waals surface area (Å²) in [5.74, 6) is 0.400. The highest BCUT2D eigenvalue weighted by Gasteiger charge is 2.24. The normalized spacial score (nSPS) is 15.3. The van der Waals surface area contributed by atoms with Gasteiger partial charge >= 0.3 is 6.03 Å². The third kappa shape index (κ3) is 4.86. The Morgan fingerprint density at radius 2 is 2.04 bits per heavy atom. The fourth-order valence-electron chi connectivity index (χ4n) is 3.13. The Balaban J connectivity index is 1.50. The SMILES string of the molecule is C[C@H]1CCc2c(sc(NC(=O)CCNC(=O)Nc3ccccc3)c2C#N)C1.